The van der Waals surface area contributed by atoms with E-state index in [1.165, 1.54) is 12.8 Å². The van der Waals surface area contributed by atoms with Gasteiger partial charge in [0, 0.05) is 6.04 Å². The number of para-hydroxylation sites is 1. The molecule has 0 radical (unpaired) electrons. The van der Waals surface area contributed by atoms with Crippen LogP contribution in [0.2, 0.25) is 0 Å². The van der Waals surface area contributed by atoms with Gasteiger partial charge in [-0.1, -0.05) is 37.8 Å². The molecule has 1 aliphatic rings. The molecule has 0 aromatic heterocycles. The summed E-state index contributed by atoms with van der Waals surface area (Å²) in [6.07, 6.45) is 6.69. The van der Waals surface area contributed by atoms with Crippen LogP contribution in [0.3, 0.4) is 0 Å². The van der Waals surface area contributed by atoms with Gasteiger partial charge in [0.25, 0.3) is 0 Å². The molecule has 0 saturated heterocycles. The molecule has 106 valence electrons. The van der Waals surface area contributed by atoms with E-state index in [0.29, 0.717) is 5.75 Å². The summed E-state index contributed by atoms with van der Waals surface area (Å²) in [7, 11) is 0.539. The van der Waals surface area contributed by atoms with Crippen LogP contribution in [0.25, 0.3) is 0 Å². The van der Waals surface area contributed by atoms with Crippen molar-refractivity contribution in [1.29, 1.82) is 0 Å². The monoisotopic (exact) mass is 281 g/mol. The molecule has 2 rings (SSSR count). The second-order valence-corrected chi connectivity index (χ2v) is 6.78. The van der Waals surface area contributed by atoms with Gasteiger partial charge in [-0.05, 0) is 25.0 Å². The van der Waals surface area contributed by atoms with Gasteiger partial charge in [0.2, 0.25) is 0 Å². The van der Waals surface area contributed by atoms with Gasteiger partial charge in [-0.3, -0.25) is 4.21 Å². The first kappa shape index (κ1) is 14.5. The molecular formula is C15H23NO2S. The normalized spacial score (nSPS) is 26.2. The fourth-order valence-corrected chi connectivity index (χ4v) is 4.42. The smallest absolute Gasteiger partial charge is 0.134 e. The lowest BCUT2D eigenvalue weighted by atomic mass is 9.97. The Morgan fingerprint density at radius 2 is 1.84 bits per heavy atom. The quantitative estimate of drug-likeness (QED) is 0.927. The number of ether oxygens (including phenoxy) is 1. The van der Waals surface area contributed by atoms with Crippen molar-refractivity contribution in [1.82, 2.24) is 0 Å². The van der Waals surface area contributed by atoms with Crippen LogP contribution >= 0.6 is 0 Å². The molecule has 0 bridgehead atoms. The average Bonchev–Trinajstić information content (AvgIpc) is 2.42. The van der Waals surface area contributed by atoms with Crippen LogP contribution in [0.4, 0.5) is 0 Å². The van der Waals surface area contributed by atoms with E-state index in [1.54, 1.807) is 7.11 Å². The maximum absolute atomic E-state index is 12.8. The third kappa shape index (κ3) is 3.57. The maximum atomic E-state index is 12.8. The summed E-state index contributed by atoms with van der Waals surface area (Å²) < 4.78 is 18.1. The molecule has 1 fully saturated rings. The Kier molecular flexibility index (Phi) is 5.40. The molecule has 3 nitrogen and oxygen atoms in total. The minimum atomic E-state index is -1.08. The molecule has 0 heterocycles. The zero-order chi connectivity index (χ0) is 13.7. The van der Waals surface area contributed by atoms with E-state index in [0.717, 1.165) is 30.6 Å². The Labute approximate surface area is 118 Å². The third-order valence-electron chi connectivity index (χ3n) is 3.81. The van der Waals surface area contributed by atoms with E-state index in [1.807, 2.05) is 24.3 Å². The van der Waals surface area contributed by atoms with Gasteiger partial charge in [0.1, 0.15) is 5.75 Å². The number of nitrogens with two attached hydrogens (primary N) is 1. The average molecular weight is 281 g/mol. The Balaban J connectivity index is 2.20. The molecule has 1 aromatic rings. The topological polar surface area (TPSA) is 52.3 Å². The largest absolute Gasteiger partial charge is 0.495 e. The zero-order valence-electron chi connectivity index (χ0n) is 11.5. The minimum absolute atomic E-state index is 0.0334. The SMILES string of the molecule is COc1ccccc1S(=O)C1CCCCCCC1N. The van der Waals surface area contributed by atoms with Gasteiger partial charge in [-0.2, -0.15) is 0 Å². The molecule has 1 aromatic carbocycles. The maximum Gasteiger partial charge on any atom is 0.134 e. The first-order chi connectivity index (χ1) is 9.24. The Morgan fingerprint density at radius 1 is 1.16 bits per heavy atom. The first-order valence-electron chi connectivity index (χ1n) is 7.03. The zero-order valence-corrected chi connectivity index (χ0v) is 12.3. The van der Waals surface area contributed by atoms with Crippen molar-refractivity contribution in [3.8, 4) is 5.75 Å². The molecule has 0 spiro atoms. The molecule has 19 heavy (non-hydrogen) atoms. The molecular weight excluding hydrogens is 258 g/mol. The number of rotatable bonds is 3. The van der Waals surface area contributed by atoms with E-state index >= 15 is 0 Å². The summed E-state index contributed by atoms with van der Waals surface area (Å²) in [6, 6.07) is 7.59. The standard InChI is InChI=1S/C15H23NO2S/c1-18-13-9-6-7-11-15(13)19(17)14-10-5-3-2-4-8-12(14)16/h6-7,9,11-12,14H,2-5,8,10,16H2,1H3. The highest BCUT2D eigenvalue weighted by Gasteiger charge is 2.27. The summed E-state index contributed by atoms with van der Waals surface area (Å²) in [5.74, 6) is 0.704. The van der Waals surface area contributed by atoms with E-state index in [9.17, 15) is 4.21 Å². The predicted octanol–water partition coefficient (Wildman–Crippen LogP) is 2.85. The predicted molar refractivity (Wildman–Crippen MR) is 78.9 cm³/mol. The summed E-state index contributed by atoms with van der Waals surface area (Å²) in [5.41, 5.74) is 6.24. The van der Waals surface area contributed by atoms with E-state index < -0.39 is 10.8 Å². The van der Waals surface area contributed by atoms with Crippen molar-refractivity contribution >= 4 is 10.8 Å². The lowest BCUT2D eigenvalue weighted by molar-refractivity contribution is 0.403. The fourth-order valence-electron chi connectivity index (χ4n) is 2.69. The Hall–Kier alpha value is -0.870. The number of benzene rings is 1. The van der Waals surface area contributed by atoms with Gasteiger partial charge in [0.05, 0.1) is 28.1 Å². The summed E-state index contributed by atoms with van der Waals surface area (Å²) in [5, 5.41) is 0.0524. The fraction of sp³-hybridized carbons (Fsp3) is 0.600. The second-order valence-electron chi connectivity index (χ2n) is 5.14. The molecule has 3 atom stereocenters. The van der Waals surface area contributed by atoms with Crippen LogP contribution in [0.15, 0.2) is 29.2 Å². The molecule has 1 aliphatic carbocycles. The van der Waals surface area contributed by atoms with E-state index in [-0.39, 0.29) is 11.3 Å². The highest BCUT2D eigenvalue weighted by molar-refractivity contribution is 7.85. The van der Waals surface area contributed by atoms with Crippen molar-refractivity contribution in [3.63, 3.8) is 0 Å². The number of hydrogen-bond acceptors (Lipinski definition) is 3. The molecule has 4 heteroatoms. The van der Waals surface area contributed by atoms with Crippen molar-refractivity contribution < 1.29 is 8.95 Å². The highest BCUT2D eigenvalue weighted by atomic mass is 32.2. The van der Waals surface area contributed by atoms with Gasteiger partial charge in [-0.15, -0.1) is 0 Å². The Morgan fingerprint density at radius 3 is 2.58 bits per heavy atom. The van der Waals surface area contributed by atoms with Gasteiger partial charge >= 0.3 is 0 Å². The van der Waals surface area contributed by atoms with Crippen LogP contribution in [0, 0.1) is 0 Å². The van der Waals surface area contributed by atoms with Gasteiger partial charge in [0.15, 0.2) is 0 Å². The van der Waals surface area contributed by atoms with Crippen molar-refractivity contribution in [2.45, 2.75) is 54.7 Å². The second kappa shape index (κ2) is 7.06. The lowest BCUT2D eigenvalue weighted by Gasteiger charge is -2.26. The molecule has 2 N–H and O–H groups in total. The number of hydrogen-bond donors (Lipinski definition) is 1. The van der Waals surface area contributed by atoms with Crippen molar-refractivity contribution in [3.05, 3.63) is 24.3 Å². The van der Waals surface area contributed by atoms with Crippen molar-refractivity contribution in [2.75, 3.05) is 7.11 Å². The number of methoxy groups -OCH3 is 1. The van der Waals surface area contributed by atoms with Gasteiger partial charge < -0.3 is 10.5 Å². The summed E-state index contributed by atoms with van der Waals surface area (Å²) >= 11 is 0. The summed E-state index contributed by atoms with van der Waals surface area (Å²) in [6.45, 7) is 0. The van der Waals surface area contributed by atoms with E-state index in [4.69, 9.17) is 10.5 Å². The molecule has 1 saturated carbocycles. The Bertz CT molecular complexity index is 436. The summed E-state index contributed by atoms with van der Waals surface area (Å²) in [4.78, 5) is 0.783. The van der Waals surface area contributed by atoms with E-state index in [2.05, 4.69) is 0 Å². The molecule has 3 unspecified atom stereocenters. The molecule has 0 aliphatic heterocycles. The third-order valence-corrected chi connectivity index (χ3v) is 5.72. The lowest BCUT2D eigenvalue weighted by Crippen LogP contribution is -2.38. The van der Waals surface area contributed by atoms with Crippen molar-refractivity contribution in [2.24, 2.45) is 5.73 Å². The van der Waals surface area contributed by atoms with Crippen LogP contribution in [0.1, 0.15) is 38.5 Å². The van der Waals surface area contributed by atoms with Gasteiger partial charge in [-0.25, -0.2) is 0 Å². The van der Waals surface area contributed by atoms with Crippen LogP contribution in [0.5, 0.6) is 5.75 Å². The minimum Gasteiger partial charge on any atom is -0.495 e. The van der Waals surface area contributed by atoms with Crippen LogP contribution < -0.4 is 10.5 Å². The first-order valence-corrected chi connectivity index (χ1v) is 8.24. The van der Waals surface area contributed by atoms with Crippen LogP contribution in [-0.4, -0.2) is 22.6 Å². The highest BCUT2D eigenvalue weighted by Crippen LogP contribution is 2.28. The van der Waals surface area contributed by atoms with Crippen LogP contribution in [-0.2, 0) is 10.8 Å². The molecule has 0 amide bonds.